The topological polar surface area (TPSA) is 47.2 Å². The summed E-state index contributed by atoms with van der Waals surface area (Å²) < 4.78 is 1.17. The zero-order valence-electron chi connectivity index (χ0n) is 9.85. The summed E-state index contributed by atoms with van der Waals surface area (Å²) in [5.41, 5.74) is 2.36. The molecule has 1 heterocycles. The number of aryl methyl sites for hydroxylation is 1. The minimum Gasteiger partial charge on any atom is -0.276 e. The molecule has 1 fully saturated rings. The van der Waals surface area contributed by atoms with Crippen LogP contribution in [0.4, 0.5) is 0 Å². The minimum absolute atomic E-state index is 0.324. The highest BCUT2D eigenvalue weighted by Gasteiger charge is 2.25. The summed E-state index contributed by atoms with van der Waals surface area (Å²) in [5.74, 6) is 0.538. The lowest BCUT2D eigenvalue weighted by atomic mass is 10.3. The summed E-state index contributed by atoms with van der Waals surface area (Å²) >= 11 is 5.86. The van der Waals surface area contributed by atoms with Gasteiger partial charge in [0.05, 0.1) is 0 Å². The van der Waals surface area contributed by atoms with Gasteiger partial charge >= 0.3 is 0 Å². The first-order chi connectivity index (χ1) is 8.15. The Bertz CT molecular complexity index is 541. The van der Waals surface area contributed by atoms with E-state index in [0.717, 1.165) is 11.3 Å². The molecular weight excluding hydrogens is 238 g/mol. The van der Waals surface area contributed by atoms with Crippen molar-refractivity contribution in [3.8, 4) is 0 Å². The van der Waals surface area contributed by atoms with Gasteiger partial charge in [-0.05, 0) is 38.3 Å². The second-order valence-corrected chi connectivity index (χ2v) is 4.48. The molecule has 1 saturated carbocycles. The lowest BCUT2D eigenvalue weighted by molar-refractivity contribution is 0.535. The van der Waals surface area contributed by atoms with Crippen LogP contribution in [0.5, 0.6) is 0 Å². The van der Waals surface area contributed by atoms with Crippen molar-refractivity contribution in [2.24, 2.45) is 10.9 Å². The van der Waals surface area contributed by atoms with Crippen molar-refractivity contribution in [1.29, 1.82) is 0 Å². The molecule has 0 aromatic carbocycles. The van der Waals surface area contributed by atoms with Crippen molar-refractivity contribution in [2.45, 2.75) is 26.7 Å². The Morgan fingerprint density at radius 1 is 1.65 bits per heavy atom. The van der Waals surface area contributed by atoms with E-state index >= 15 is 0 Å². The summed E-state index contributed by atoms with van der Waals surface area (Å²) in [6.07, 6.45) is 4.94. The van der Waals surface area contributed by atoms with E-state index in [4.69, 9.17) is 11.6 Å². The summed E-state index contributed by atoms with van der Waals surface area (Å²) in [6.45, 7) is 3.80. The third-order valence-electron chi connectivity index (χ3n) is 2.74. The molecule has 0 spiro atoms. The van der Waals surface area contributed by atoms with Crippen molar-refractivity contribution in [3.63, 3.8) is 0 Å². The van der Waals surface area contributed by atoms with Crippen molar-refractivity contribution < 1.29 is 4.79 Å². The van der Waals surface area contributed by atoms with Crippen LogP contribution in [0.2, 0.25) is 5.15 Å². The predicted octanol–water partition coefficient (Wildman–Crippen LogP) is 2.10. The van der Waals surface area contributed by atoms with Gasteiger partial charge in [0.2, 0.25) is 6.41 Å². The van der Waals surface area contributed by atoms with E-state index in [1.807, 2.05) is 19.9 Å². The number of allylic oxidation sites excluding steroid dienone is 2. The van der Waals surface area contributed by atoms with E-state index in [0.29, 0.717) is 23.0 Å². The van der Waals surface area contributed by atoms with Crippen LogP contribution in [0, 0.1) is 12.8 Å². The lowest BCUT2D eigenvalue weighted by Gasteiger charge is -2.03. The smallest absolute Gasteiger partial charge is 0.236 e. The van der Waals surface area contributed by atoms with Crippen LogP contribution in [0.3, 0.4) is 0 Å². The Balaban J connectivity index is 2.53. The lowest BCUT2D eigenvalue weighted by Crippen LogP contribution is -2.24. The average molecular weight is 252 g/mol. The van der Waals surface area contributed by atoms with Gasteiger partial charge in [0.15, 0.2) is 10.6 Å². The molecule has 4 nitrogen and oxygen atoms in total. The van der Waals surface area contributed by atoms with Gasteiger partial charge in [-0.25, -0.2) is 4.99 Å². The number of carbonyl (C=O) groups is 1. The van der Waals surface area contributed by atoms with Crippen LogP contribution in [0.15, 0.2) is 22.8 Å². The molecule has 1 aliphatic carbocycles. The summed E-state index contributed by atoms with van der Waals surface area (Å²) in [6, 6.07) is 1.77. The van der Waals surface area contributed by atoms with Crippen molar-refractivity contribution in [3.05, 3.63) is 34.0 Å². The van der Waals surface area contributed by atoms with E-state index in [2.05, 4.69) is 10.1 Å². The summed E-state index contributed by atoms with van der Waals surface area (Å²) in [5, 5.41) is 4.27. The van der Waals surface area contributed by atoms with E-state index in [-0.39, 0.29) is 0 Å². The monoisotopic (exact) mass is 251 g/mol. The van der Waals surface area contributed by atoms with Crippen molar-refractivity contribution >= 4 is 18.0 Å². The molecule has 2 rings (SSSR count). The quantitative estimate of drug-likeness (QED) is 0.773. The molecule has 1 aromatic heterocycles. The fraction of sp³-hybridized carbons (Fsp3) is 0.417. The Morgan fingerprint density at radius 3 is 2.88 bits per heavy atom. The molecule has 0 unspecified atom stereocenters. The van der Waals surface area contributed by atoms with Gasteiger partial charge in [0, 0.05) is 11.6 Å². The van der Waals surface area contributed by atoms with Gasteiger partial charge in [0.1, 0.15) is 0 Å². The fourth-order valence-electron chi connectivity index (χ4n) is 1.61. The van der Waals surface area contributed by atoms with Crippen LogP contribution in [0.25, 0.3) is 0 Å². The third kappa shape index (κ3) is 2.64. The summed E-state index contributed by atoms with van der Waals surface area (Å²) in [4.78, 5) is 15.4. The van der Waals surface area contributed by atoms with Gasteiger partial charge in [-0.3, -0.25) is 4.79 Å². The Hall–Kier alpha value is -1.42. The maximum Gasteiger partial charge on any atom is 0.236 e. The number of aromatic nitrogens is 2. The standard InChI is InChI=1S/C12H14ClN3O/c1-3-10(9-4-5-9)14-11-6-8(2)12(13)15-16(11)7-17/h3,6-7,9H,4-5H2,1-2H3/b10-3-,14-11?. The Labute approximate surface area is 105 Å². The molecule has 90 valence electrons. The Morgan fingerprint density at radius 2 is 2.35 bits per heavy atom. The molecule has 0 radical (unpaired) electrons. The van der Waals surface area contributed by atoms with Crippen LogP contribution in [-0.4, -0.2) is 16.2 Å². The van der Waals surface area contributed by atoms with Crippen LogP contribution in [-0.2, 0) is 4.79 Å². The normalized spacial score (nSPS) is 17.4. The maximum absolute atomic E-state index is 10.9. The second-order valence-electron chi connectivity index (χ2n) is 4.13. The molecule has 0 bridgehead atoms. The van der Waals surface area contributed by atoms with Crippen LogP contribution in [0.1, 0.15) is 25.3 Å². The molecule has 1 aromatic rings. The average Bonchev–Trinajstić information content (AvgIpc) is 3.14. The summed E-state index contributed by atoms with van der Waals surface area (Å²) in [7, 11) is 0. The van der Waals surface area contributed by atoms with Crippen LogP contribution < -0.4 is 5.49 Å². The van der Waals surface area contributed by atoms with E-state index in [1.165, 1.54) is 17.5 Å². The Kier molecular flexibility index (Phi) is 3.43. The second kappa shape index (κ2) is 4.84. The number of rotatable bonds is 3. The molecule has 5 heteroatoms. The third-order valence-corrected chi connectivity index (χ3v) is 3.11. The zero-order valence-corrected chi connectivity index (χ0v) is 10.6. The fourth-order valence-corrected chi connectivity index (χ4v) is 1.74. The largest absolute Gasteiger partial charge is 0.276 e. The number of halogens is 1. The van der Waals surface area contributed by atoms with Crippen LogP contribution >= 0.6 is 11.6 Å². The molecule has 0 saturated heterocycles. The highest BCUT2D eigenvalue weighted by molar-refractivity contribution is 6.30. The molecule has 0 aliphatic heterocycles. The van der Waals surface area contributed by atoms with Crippen molar-refractivity contribution in [2.75, 3.05) is 0 Å². The van der Waals surface area contributed by atoms with Gasteiger partial charge in [-0.2, -0.15) is 9.78 Å². The van der Waals surface area contributed by atoms with Gasteiger partial charge in [-0.15, -0.1) is 0 Å². The molecule has 0 atom stereocenters. The molecule has 1 aliphatic rings. The molecule has 0 N–H and O–H groups in total. The minimum atomic E-state index is 0.324. The maximum atomic E-state index is 10.9. The van der Waals surface area contributed by atoms with E-state index < -0.39 is 0 Å². The zero-order chi connectivity index (χ0) is 12.4. The van der Waals surface area contributed by atoms with E-state index in [1.54, 1.807) is 6.07 Å². The molecule has 17 heavy (non-hydrogen) atoms. The van der Waals surface area contributed by atoms with Gasteiger partial charge in [0.25, 0.3) is 0 Å². The number of nitrogens with zero attached hydrogens (tertiary/aromatic N) is 3. The number of carbonyl (C=O) groups excluding carboxylic acids is 1. The predicted molar refractivity (Wildman–Crippen MR) is 66.2 cm³/mol. The number of hydrogen-bond acceptors (Lipinski definition) is 3. The molecular formula is C12H14ClN3O. The molecule has 0 amide bonds. The van der Waals surface area contributed by atoms with E-state index in [9.17, 15) is 4.79 Å². The first-order valence-electron chi connectivity index (χ1n) is 5.58. The van der Waals surface area contributed by atoms with Gasteiger partial charge < -0.3 is 0 Å². The highest BCUT2D eigenvalue weighted by atomic mass is 35.5. The SMILES string of the molecule is C/C=C(\N=c1cc(C)c(Cl)nn1C=O)C1CC1. The first kappa shape index (κ1) is 12.0. The highest BCUT2D eigenvalue weighted by Crippen LogP contribution is 2.36. The van der Waals surface area contributed by atoms with Gasteiger partial charge in [-0.1, -0.05) is 17.7 Å². The van der Waals surface area contributed by atoms with Crippen molar-refractivity contribution in [1.82, 2.24) is 9.78 Å². The first-order valence-corrected chi connectivity index (χ1v) is 5.95. The number of hydrogen-bond donors (Lipinski definition) is 0.